The van der Waals surface area contributed by atoms with Gasteiger partial charge in [0.2, 0.25) is 0 Å². The van der Waals surface area contributed by atoms with Gasteiger partial charge in [0.15, 0.2) is 0 Å². The number of pyridine rings is 1. The summed E-state index contributed by atoms with van der Waals surface area (Å²) in [5.41, 5.74) is 0.0220. The third-order valence-electron chi connectivity index (χ3n) is 2.78. The van der Waals surface area contributed by atoms with Gasteiger partial charge in [-0.05, 0) is 25.0 Å². The van der Waals surface area contributed by atoms with Crippen LogP contribution >= 0.6 is 0 Å². The predicted octanol–water partition coefficient (Wildman–Crippen LogP) is 1.19. The van der Waals surface area contributed by atoms with E-state index in [2.05, 4.69) is 10.4 Å². The van der Waals surface area contributed by atoms with Gasteiger partial charge >= 0.3 is 6.18 Å². The zero-order valence-corrected chi connectivity index (χ0v) is 9.21. The summed E-state index contributed by atoms with van der Waals surface area (Å²) in [6, 6.07) is 4.29. The van der Waals surface area contributed by atoms with Gasteiger partial charge in [-0.25, -0.2) is 10.8 Å². The van der Waals surface area contributed by atoms with Gasteiger partial charge < -0.3 is 10.7 Å². The molecule has 1 aliphatic carbocycles. The van der Waals surface area contributed by atoms with E-state index in [4.69, 9.17) is 5.84 Å². The molecule has 18 heavy (non-hydrogen) atoms. The van der Waals surface area contributed by atoms with Crippen LogP contribution in [0, 0.1) is 0 Å². The van der Waals surface area contributed by atoms with Crippen molar-refractivity contribution >= 4 is 11.7 Å². The van der Waals surface area contributed by atoms with Crippen molar-refractivity contribution in [3.8, 4) is 0 Å². The molecule has 8 heteroatoms. The second-order valence-corrected chi connectivity index (χ2v) is 4.09. The molecule has 0 unspecified atom stereocenters. The molecular formula is C10H11F3N4O. The Morgan fingerprint density at radius 2 is 2.06 bits per heavy atom. The fourth-order valence-corrected chi connectivity index (χ4v) is 1.53. The highest BCUT2D eigenvalue weighted by Crippen LogP contribution is 2.48. The molecule has 5 nitrogen and oxygen atoms in total. The van der Waals surface area contributed by atoms with Crippen LogP contribution in [-0.4, -0.2) is 22.6 Å². The van der Waals surface area contributed by atoms with Crippen LogP contribution in [0.4, 0.5) is 19.0 Å². The number of nitrogens with one attached hydrogen (secondary N) is 2. The average molecular weight is 260 g/mol. The quantitative estimate of drug-likeness (QED) is 0.563. The van der Waals surface area contributed by atoms with E-state index in [0.29, 0.717) is 0 Å². The number of nitrogens with zero attached hydrogens (tertiary/aromatic N) is 1. The first-order chi connectivity index (χ1) is 8.38. The van der Waals surface area contributed by atoms with Crippen LogP contribution in [0.1, 0.15) is 23.3 Å². The normalized spacial score (nSPS) is 17.1. The van der Waals surface area contributed by atoms with Crippen LogP contribution in [0.3, 0.4) is 0 Å². The number of anilines is 1. The molecule has 1 saturated carbocycles. The van der Waals surface area contributed by atoms with E-state index in [9.17, 15) is 18.0 Å². The maximum absolute atomic E-state index is 12.6. The fraction of sp³-hybridized carbons (Fsp3) is 0.400. The van der Waals surface area contributed by atoms with Crippen LogP contribution in [0.25, 0.3) is 0 Å². The number of amides is 1. The highest BCUT2D eigenvalue weighted by molar-refractivity contribution is 5.93. The highest BCUT2D eigenvalue weighted by Gasteiger charge is 2.64. The lowest BCUT2D eigenvalue weighted by atomic mass is 10.2. The van der Waals surface area contributed by atoms with Crippen LogP contribution in [-0.2, 0) is 0 Å². The zero-order valence-electron chi connectivity index (χ0n) is 9.21. The van der Waals surface area contributed by atoms with Crippen molar-refractivity contribution < 1.29 is 18.0 Å². The number of carbonyl (C=O) groups excluding carboxylic acids is 1. The first-order valence-corrected chi connectivity index (χ1v) is 5.21. The molecule has 0 bridgehead atoms. The zero-order chi connectivity index (χ0) is 13.4. The van der Waals surface area contributed by atoms with E-state index in [1.54, 1.807) is 0 Å². The van der Waals surface area contributed by atoms with E-state index in [1.165, 1.54) is 18.2 Å². The molecule has 0 saturated heterocycles. The van der Waals surface area contributed by atoms with Gasteiger partial charge in [0.05, 0.1) is 0 Å². The molecule has 2 rings (SSSR count). The van der Waals surface area contributed by atoms with Crippen molar-refractivity contribution in [2.45, 2.75) is 24.6 Å². The number of hydrazine groups is 1. The summed E-state index contributed by atoms with van der Waals surface area (Å²) >= 11 is 0. The summed E-state index contributed by atoms with van der Waals surface area (Å²) in [7, 11) is 0. The Kier molecular flexibility index (Phi) is 2.89. The third kappa shape index (κ3) is 2.23. The summed E-state index contributed by atoms with van der Waals surface area (Å²) in [4.78, 5) is 15.4. The molecule has 1 heterocycles. The Morgan fingerprint density at radius 3 is 2.56 bits per heavy atom. The molecule has 1 aromatic heterocycles. The summed E-state index contributed by atoms with van der Waals surface area (Å²) in [6.07, 6.45) is -4.64. The summed E-state index contributed by atoms with van der Waals surface area (Å²) < 4.78 is 37.9. The number of nitrogens with two attached hydrogens (primary N) is 1. The Bertz CT molecular complexity index is 470. The van der Waals surface area contributed by atoms with Crippen LogP contribution < -0.4 is 16.6 Å². The second kappa shape index (κ2) is 4.13. The molecule has 1 fully saturated rings. The van der Waals surface area contributed by atoms with Gasteiger partial charge in [-0.3, -0.25) is 4.79 Å². The standard InChI is InChI=1S/C10H11F3N4O/c11-10(12,13)9(4-5-9)16-8(18)6-2-1-3-7(15-6)17-14/h1-3H,4-5,14H2,(H,15,17)(H,16,18). The lowest BCUT2D eigenvalue weighted by molar-refractivity contribution is -0.163. The number of halogens is 3. The minimum absolute atomic E-state index is 0.100. The van der Waals surface area contributed by atoms with E-state index in [1.807, 2.05) is 5.32 Å². The molecule has 4 N–H and O–H groups in total. The van der Waals surface area contributed by atoms with E-state index < -0.39 is 17.6 Å². The smallest absolute Gasteiger partial charge is 0.336 e. The minimum Gasteiger partial charge on any atom is -0.336 e. The Morgan fingerprint density at radius 1 is 1.39 bits per heavy atom. The van der Waals surface area contributed by atoms with Crippen LogP contribution in [0.15, 0.2) is 18.2 Å². The Hall–Kier alpha value is -1.83. The molecule has 0 atom stereocenters. The molecule has 1 aliphatic rings. The minimum atomic E-state index is -4.44. The summed E-state index contributed by atoms with van der Waals surface area (Å²) in [5.74, 6) is 4.45. The Balaban J connectivity index is 2.13. The number of hydrogen-bond donors (Lipinski definition) is 3. The van der Waals surface area contributed by atoms with Crippen LogP contribution in [0.5, 0.6) is 0 Å². The van der Waals surface area contributed by atoms with Gasteiger partial charge in [0.25, 0.3) is 5.91 Å². The fourth-order valence-electron chi connectivity index (χ4n) is 1.53. The number of aromatic nitrogens is 1. The summed E-state index contributed by atoms with van der Waals surface area (Å²) in [5, 5.41) is 1.98. The molecule has 0 aromatic carbocycles. The number of nitrogen functional groups attached to an aromatic ring is 1. The number of carbonyl (C=O) groups is 1. The van der Waals surface area contributed by atoms with Crippen molar-refractivity contribution in [1.82, 2.24) is 10.3 Å². The first-order valence-electron chi connectivity index (χ1n) is 5.21. The molecule has 0 aliphatic heterocycles. The molecule has 1 aromatic rings. The van der Waals surface area contributed by atoms with Crippen molar-refractivity contribution in [3.63, 3.8) is 0 Å². The maximum atomic E-state index is 12.6. The van der Waals surface area contributed by atoms with E-state index in [-0.39, 0.29) is 24.4 Å². The molecular weight excluding hydrogens is 249 g/mol. The van der Waals surface area contributed by atoms with E-state index >= 15 is 0 Å². The number of rotatable bonds is 3. The predicted molar refractivity (Wildman–Crippen MR) is 57.5 cm³/mol. The SMILES string of the molecule is NNc1cccc(C(=O)NC2(C(F)(F)F)CC2)n1. The Labute approximate surface area is 101 Å². The van der Waals surface area contributed by atoms with Crippen molar-refractivity contribution in [3.05, 3.63) is 23.9 Å². The summed E-state index contributed by atoms with van der Waals surface area (Å²) in [6.45, 7) is 0. The lowest BCUT2D eigenvalue weighted by Crippen LogP contribution is -2.48. The van der Waals surface area contributed by atoms with E-state index in [0.717, 1.165) is 0 Å². The van der Waals surface area contributed by atoms with Gasteiger partial charge in [-0.15, -0.1) is 0 Å². The van der Waals surface area contributed by atoms with Gasteiger partial charge in [-0.2, -0.15) is 13.2 Å². The van der Waals surface area contributed by atoms with Gasteiger partial charge in [0, 0.05) is 0 Å². The molecule has 0 radical (unpaired) electrons. The lowest BCUT2D eigenvalue weighted by Gasteiger charge is -2.20. The van der Waals surface area contributed by atoms with Crippen molar-refractivity contribution in [1.29, 1.82) is 0 Å². The molecule has 1 amide bonds. The topological polar surface area (TPSA) is 80.0 Å². The van der Waals surface area contributed by atoms with Gasteiger partial charge in [-0.1, -0.05) is 6.07 Å². The monoisotopic (exact) mass is 260 g/mol. The largest absolute Gasteiger partial charge is 0.411 e. The average Bonchev–Trinajstić information content (AvgIpc) is 3.09. The van der Waals surface area contributed by atoms with Crippen molar-refractivity contribution in [2.75, 3.05) is 5.43 Å². The maximum Gasteiger partial charge on any atom is 0.411 e. The molecule has 0 spiro atoms. The van der Waals surface area contributed by atoms with Crippen LogP contribution in [0.2, 0.25) is 0 Å². The molecule has 98 valence electrons. The third-order valence-corrected chi connectivity index (χ3v) is 2.78. The van der Waals surface area contributed by atoms with Crippen molar-refractivity contribution in [2.24, 2.45) is 5.84 Å². The van der Waals surface area contributed by atoms with Gasteiger partial charge in [0.1, 0.15) is 17.1 Å². The number of hydrogen-bond acceptors (Lipinski definition) is 4. The second-order valence-electron chi connectivity index (χ2n) is 4.09. The highest BCUT2D eigenvalue weighted by atomic mass is 19.4. The first kappa shape index (κ1) is 12.6. The number of alkyl halides is 3.